The van der Waals surface area contributed by atoms with Crippen molar-refractivity contribution in [3.05, 3.63) is 41.8 Å². The molecule has 1 amide bonds. The first-order valence-corrected chi connectivity index (χ1v) is 11.3. The highest BCUT2D eigenvalue weighted by atomic mass is 35.5. The van der Waals surface area contributed by atoms with Crippen LogP contribution in [0.2, 0.25) is 5.02 Å². The lowest BCUT2D eigenvalue weighted by Gasteiger charge is -2.45. The number of rotatable bonds is 8. The van der Waals surface area contributed by atoms with E-state index in [-0.39, 0.29) is 13.3 Å². The van der Waals surface area contributed by atoms with Crippen molar-refractivity contribution in [3.63, 3.8) is 0 Å². The Morgan fingerprint density at radius 2 is 1.89 bits per heavy atom. The van der Waals surface area contributed by atoms with E-state index in [1.807, 2.05) is 12.1 Å². The predicted octanol–water partition coefficient (Wildman–Crippen LogP) is 5.44. The Morgan fingerprint density at radius 3 is 2.61 bits per heavy atom. The molecular weight excluding hydrogens is 368 g/mol. The minimum absolute atomic E-state index is 0. The van der Waals surface area contributed by atoms with Gasteiger partial charge in [-0.25, -0.2) is 0 Å². The monoisotopic (exact) mass is 402 g/mol. The molecule has 28 heavy (non-hydrogen) atoms. The molecule has 3 aliphatic rings. The molecule has 4 heteroatoms. The van der Waals surface area contributed by atoms with E-state index in [4.69, 9.17) is 11.6 Å². The lowest BCUT2D eigenvalue weighted by Crippen LogP contribution is -2.43. The molecule has 0 spiro atoms. The second kappa shape index (κ2) is 9.63. The molecular formula is C24H35ClN2O. The SMILES string of the molecule is O=C(NCC12CCCC(CCC1)C2)c1cc(CCCNC2CC2)ccc1Cl.[CH2]. The summed E-state index contributed by atoms with van der Waals surface area (Å²) in [6.07, 6.45) is 14.0. The van der Waals surface area contributed by atoms with E-state index in [1.165, 1.54) is 63.4 Å². The summed E-state index contributed by atoms with van der Waals surface area (Å²) in [5.41, 5.74) is 2.19. The molecule has 0 unspecified atom stereocenters. The van der Waals surface area contributed by atoms with Crippen molar-refractivity contribution in [2.75, 3.05) is 13.1 Å². The summed E-state index contributed by atoms with van der Waals surface area (Å²) >= 11 is 6.35. The van der Waals surface area contributed by atoms with Crippen LogP contribution in [0, 0.1) is 18.8 Å². The minimum Gasteiger partial charge on any atom is -0.351 e. The maximum Gasteiger partial charge on any atom is 0.252 e. The average Bonchev–Trinajstić information content (AvgIpc) is 3.49. The highest BCUT2D eigenvalue weighted by Gasteiger charge is 2.39. The zero-order chi connectivity index (χ0) is 18.7. The molecule has 2 bridgehead atoms. The van der Waals surface area contributed by atoms with Crippen molar-refractivity contribution in [1.82, 2.24) is 10.6 Å². The number of benzene rings is 1. The number of carbonyl (C=O) groups is 1. The molecule has 3 saturated carbocycles. The van der Waals surface area contributed by atoms with Crippen LogP contribution in [0.5, 0.6) is 0 Å². The van der Waals surface area contributed by atoms with Gasteiger partial charge in [0.25, 0.3) is 5.91 Å². The zero-order valence-electron chi connectivity index (χ0n) is 17.1. The number of hydrogen-bond acceptors (Lipinski definition) is 2. The number of nitrogens with one attached hydrogen (secondary N) is 2. The fourth-order valence-electron chi connectivity index (χ4n) is 5.22. The van der Waals surface area contributed by atoms with Crippen molar-refractivity contribution >= 4 is 17.5 Å². The van der Waals surface area contributed by atoms with Crippen molar-refractivity contribution in [3.8, 4) is 0 Å². The number of carbonyl (C=O) groups excluding carboxylic acids is 1. The molecule has 3 aliphatic carbocycles. The minimum atomic E-state index is 0. The molecule has 0 aromatic heterocycles. The summed E-state index contributed by atoms with van der Waals surface area (Å²) < 4.78 is 0. The molecule has 1 aromatic rings. The third kappa shape index (κ3) is 5.51. The Morgan fingerprint density at radius 1 is 1.14 bits per heavy atom. The van der Waals surface area contributed by atoms with Gasteiger partial charge in [-0.05, 0) is 80.5 Å². The van der Waals surface area contributed by atoms with Gasteiger partial charge in [0, 0.05) is 12.6 Å². The smallest absolute Gasteiger partial charge is 0.252 e. The Bertz CT molecular complexity index is 661. The topological polar surface area (TPSA) is 41.1 Å². The molecule has 2 N–H and O–H groups in total. The lowest BCUT2D eigenvalue weighted by molar-refractivity contribution is 0.0682. The molecule has 3 nitrogen and oxygen atoms in total. The van der Waals surface area contributed by atoms with Crippen LogP contribution in [-0.2, 0) is 6.42 Å². The van der Waals surface area contributed by atoms with Crippen LogP contribution in [-0.4, -0.2) is 25.0 Å². The van der Waals surface area contributed by atoms with Gasteiger partial charge in [0.15, 0.2) is 0 Å². The van der Waals surface area contributed by atoms with Gasteiger partial charge < -0.3 is 10.6 Å². The van der Waals surface area contributed by atoms with Gasteiger partial charge in [0.1, 0.15) is 0 Å². The number of aryl methyl sites for hydroxylation is 1. The summed E-state index contributed by atoms with van der Waals surface area (Å²) in [5.74, 6) is 0.889. The maximum absolute atomic E-state index is 12.8. The Labute approximate surface area is 176 Å². The van der Waals surface area contributed by atoms with Gasteiger partial charge in [-0.3, -0.25) is 4.79 Å². The normalized spacial score (nSPS) is 26.4. The number of fused-ring (bicyclic) bond motifs is 2. The standard InChI is InChI=1S/C23H33ClN2O.CH2/c24-21-10-7-17(6-3-13-25-19-8-9-19)14-20(21)22(27)26-16-23-11-1-4-18(15-23)5-2-12-23;/h7,10,14,18-19,25H,1-6,8-9,11-13,15-16H2,(H,26,27);1H2. The zero-order valence-corrected chi connectivity index (χ0v) is 17.8. The molecule has 3 fully saturated rings. The van der Waals surface area contributed by atoms with E-state index < -0.39 is 0 Å². The Kier molecular flexibility index (Phi) is 7.44. The van der Waals surface area contributed by atoms with E-state index >= 15 is 0 Å². The number of halogens is 1. The van der Waals surface area contributed by atoms with E-state index in [9.17, 15) is 4.79 Å². The van der Waals surface area contributed by atoms with Gasteiger partial charge in [-0.2, -0.15) is 0 Å². The lowest BCUT2D eigenvalue weighted by atomic mass is 9.62. The second-order valence-electron chi connectivity index (χ2n) is 9.18. The highest BCUT2D eigenvalue weighted by molar-refractivity contribution is 6.33. The van der Waals surface area contributed by atoms with E-state index in [1.54, 1.807) is 0 Å². The van der Waals surface area contributed by atoms with Crippen LogP contribution in [0.25, 0.3) is 0 Å². The summed E-state index contributed by atoms with van der Waals surface area (Å²) in [4.78, 5) is 12.8. The summed E-state index contributed by atoms with van der Waals surface area (Å²) in [6, 6.07) is 6.70. The number of hydrogen-bond donors (Lipinski definition) is 2. The Balaban J connectivity index is 0.00000225. The first-order chi connectivity index (χ1) is 13.1. The van der Waals surface area contributed by atoms with Crippen molar-refractivity contribution in [1.29, 1.82) is 0 Å². The summed E-state index contributed by atoms with van der Waals surface area (Å²) in [5, 5.41) is 7.35. The second-order valence-corrected chi connectivity index (χ2v) is 9.59. The largest absolute Gasteiger partial charge is 0.351 e. The van der Waals surface area contributed by atoms with Gasteiger partial charge in [-0.1, -0.05) is 50.8 Å². The maximum atomic E-state index is 12.8. The molecule has 0 atom stereocenters. The quantitative estimate of drug-likeness (QED) is 0.568. The van der Waals surface area contributed by atoms with Gasteiger partial charge in [-0.15, -0.1) is 0 Å². The Hall–Kier alpha value is -1.06. The van der Waals surface area contributed by atoms with E-state index in [0.717, 1.165) is 37.9 Å². The fourth-order valence-corrected chi connectivity index (χ4v) is 5.42. The van der Waals surface area contributed by atoms with Crippen molar-refractivity contribution < 1.29 is 4.79 Å². The third-order valence-electron chi connectivity index (χ3n) is 6.91. The summed E-state index contributed by atoms with van der Waals surface area (Å²) in [6.45, 7) is 1.87. The predicted molar refractivity (Wildman–Crippen MR) is 117 cm³/mol. The molecule has 154 valence electrons. The van der Waals surface area contributed by atoms with Crippen LogP contribution < -0.4 is 10.6 Å². The van der Waals surface area contributed by atoms with Crippen LogP contribution in [0.15, 0.2) is 18.2 Å². The van der Waals surface area contributed by atoms with Gasteiger partial charge in [0.05, 0.1) is 10.6 Å². The molecule has 0 heterocycles. The van der Waals surface area contributed by atoms with Crippen LogP contribution in [0.4, 0.5) is 0 Å². The van der Waals surface area contributed by atoms with Crippen LogP contribution in [0.3, 0.4) is 0 Å². The van der Waals surface area contributed by atoms with Gasteiger partial charge in [0.2, 0.25) is 0 Å². The summed E-state index contributed by atoms with van der Waals surface area (Å²) in [7, 11) is 0. The van der Waals surface area contributed by atoms with Crippen LogP contribution >= 0.6 is 11.6 Å². The first kappa shape index (κ1) is 21.6. The first-order valence-electron chi connectivity index (χ1n) is 10.9. The average molecular weight is 403 g/mol. The molecule has 4 rings (SSSR count). The van der Waals surface area contributed by atoms with E-state index in [2.05, 4.69) is 16.7 Å². The van der Waals surface area contributed by atoms with Crippen molar-refractivity contribution in [2.45, 2.75) is 76.7 Å². The fraction of sp³-hybridized carbons (Fsp3) is 0.667. The molecule has 0 saturated heterocycles. The number of amides is 1. The highest BCUT2D eigenvalue weighted by Crippen LogP contribution is 2.48. The molecule has 1 aromatic carbocycles. The van der Waals surface area contributed by atoms with Gasteiger partial charge >= 0.3 is 0 Å². The van der Waals surface area contributed by atoms with Crippen molar-refractivity contribution in [2.24, 2.45) is 11.3 Å². The van der Waals surface area contributed by atoms with Crippen LogP contribution in [0.1, 0.15) is 80.1 Å². The third-order valence-corrected chi connectivity index (χ3v) is 7.24. The molecule has 2 radical (unpaired) electrons. The van der Waals surface area contributed by atoms with E-state index in [0.29, 0.717) is 16.0 Å². The molecule has 0 aliphatic heterocycles.